The fourth-order valence-electron chi connectivity index (χ4n) is 2.11. The van der Waals surface area contributed by atoms with Crippen LogP contribution in [0.4, 0.5) is 0 Å². The van der Waals surface area contributed by atoms with E-state index >= 15 is 0 Å². The molecule has 0 heterocycles. The van der Waals surface area contributed by atoms with E-state index in [1.165, 1.54) is 0 Å². The standard InChI is InChI=1S/C11H18N2O8/c12-10(5(1-6(14)15)2-7(16)17)11(13,3-8(18)19)4-9(20)21/h5,10H,1-4,12-13H2,(H,14,15)(H,16,17)(H,18,19)(H,20,21). The number of carboxylic acid groups (broad SMARTS) is 4. The van der Waals surface area contributed by atoms with E-state index in [0.29, 0.717) is 0 Å². The van der Waals surface area contributed by atoms with Gasteiger partial charge >= 0.3 is 23.9 Å². The van der Waals surface area contributed by atoms with Crippen LogP contribution in [0.2, 0.25) is 0 Å². The highest BCUT2D eigenvalue weighted by molar-refractivity contribution is 5.74. The SMILES string of the molecule is NC(C(CC(=O)O)CC(=O)O)C(N)(CC(=O)O)CC(=O)O. The summed E-state index contributed by atoms with van der Waals surface area (Å²) in [5.41, 5.74) is 9.48. The van der Waals surface area contributed by atoms with Gasteiger partial charge in [0.15, 0.2) is 0 Å². The lowest BCUT2D eigenvalue weighted by molar-refractivity contribution is -0.142. The van der Waals surface area contributed by atoms with E-state index in [1.54, 1.807) is 0 Å². The molecule has 0 aromatic carbocycles. The number of nitrogens with two attached hydrogens (primary N) is 2. The van der Waals surface area contributed by atoms with Crippen LogP contribution in [0.1, 0.15) is 25.7 Å². The number of hydrogen-bond acceptors (Lipinski definition) is 6. The molecule has 0 saturated carbocycles. The van der Waals surface area contributed by atoms with Crippen LogP contribution >= 0.6 is 0 Å². The summed E-state index contributed by atoms with van der Waals surface area (Å²) in [5.74, 6) is -6.71. The molecule has 21 heavy (non-hydrogen) atoms. The van der Waals surface area contributed by atoms with Gasteiger partial charge in [-0.25, -0.2) is 0 Å². The highest BCUT2D eigenvalue weighted by atomic mass is 16.4. The van der Waals surface area contributed by atoms with Crippen LogP contribution in [-0.4, -0.2) is 55.9 Å². The number of aliphatic carboxylic acids is 4. The van der Waals surface area contributed by atoms with Gasteiger partial charge in [0.1, 0.15) is 0 Å². The number of rotatable bonds is 10. The van der Waals surface area contributed by atoms with Crippen molar-refractivity contribution in [2.45, 2.75) is 37.3 Å². The minimum Gasteiger partial charge on any atom is -0.481 e. The summed E-state index contributed by atoms with van der Waals surface area (Å²) in [4.78, 5) is 43.1. The highest BCUT2D eigenvalue weighted by Crippen LogP contribution is 2.26. The van der Waals surface area contributed by atoms with Gasteiger partial charge in [-0.2, -0.15) is 0 Å². The molecule has 0 aliphatic heterocycles. The molecule has 0 fully saturated rings. The average Bonchev–Trinajstić information content (AvgIpc) is 2.23. The van der Waals surface area contributed by atoms with E-state index in [4.69, 9.17) is 31.9 Å². The second-order valence-corrected chi connectivity index (χ2v) is 4.86. The average molecular weight is 306 g/mol. The smallest absolute Gasteiger partial charge is 0.305 e. The summed E-state index contributed by atoms with van der Waals surface area (Å²) in [5, 5.41) is 35.1. The van der Waals surface area contributed by atoms with Gasteiger partial charge in [0, 0.05) is 6.04 Å². The molecular weight excluding hydrogens is 288 g/mol. The Labute approximate surface area is 119 Å². The largest absolute Gasteiger partial charge is 0.481 e. The van der Waals surface area contributed by atoms with Gasteiger partial charge in [-0.1, -0.05) is 0 Å². The zero-order valence-electron chi connectivity index (χ0n) is 11.1. The molecule has 10 nitrogen and oxygen atoms in total. The summed E-state index contributed by atoms with van der Waals surface area (Å²) in [6.45, 7) is 0. The topological polar surface area (TPSA) is 201 Å². The first-order valence-corrected chi connectivity index (χ1v) is 5.89. The van der Waals surface area contributed by atoms with Gasteiger partial charge in [0.25, 0.3) is 0 Å². The summed E-state index contributed by atoms with van der Waals surface area (Å²) in [6, 6.07) is -1.42. The molecule has 0 amide bonds. The maximum atomic E-state index is 10.8. The lowest BCUT2D eigenvalue weighted by Crippen LogP contribution is -2.61. The molecule has 0 radical (unpaired) electrons. The third kappa shape index (κ3) is 6.68. The van der Waals surface area contributed by atoms with Crippen molar-refractivity contribution in [3.8, 4) is 0 Å². The predicted molar refractivity (Wildman–Crippen MR) is 67.4 cm³/mol. The lowest BCUT2D eigenvalue weighted by atomic mass is 9.76. The van der Waals surface area contributed by atoms with Crippen molar-refractivity contribution in [1.82, 2.24) is 0 Å². The van der Waals surface area contributed by atoms with Crippen molar-refractivity contribution in [2.24, 2.45) is 17.4 Å². The quantitative estimate of drug-likeness (QED) is 0.276. The van der Waals surface area contributed by atoms with Crippen LogP contribution in [0.5, 0.6) is 0 Å². The third-order valence-corrected chi connectivity index (χ3v) is 3.01. The van der Waals surface area contributed by atoms with E-state index in [-0.39, 0.29) is 0 Å². The highest BCUT2D eigenvalue weighted by Gasteiger charge is 2.42. The predicted octanol–water partition coefficient (Wildman–Crippen LogP) is -1.47. The van der Waals surface area contributed by atoms with Gasteiger partial charge in [-0.3, -0.25) is 19.2 Å². The van der Waals surface area contributed by atoms with Crippen molar-refractivity contribution >= 4 is 23.9 Å². The number of carboxylic acids is 4. The van der Waals surface area contributed by atoms with E-state index in [9.17, 15) is 19.2 Å². The first-order valence-electron chi connectivity index (χ1n) is 5.89. The Balaban J connectivity index is 5.38. The monoisotopic (exact) mass is 306 g/mol. The van der Waals surface area contributed by atoms with Gasteiger partial charge in [-0.05, 0) is 5.92 Å². The lowest BCUT2D eigenvalue weighted by Gasteiger charge is -2.36. The van der Waals surface area contributed by atoms with Crippen molar-refractivity contribution in [3.05, 3.63) is 0 Å². The Hall–Kier alpha value is -2.20. The van der Waals surface area contributed by atoms with Crippen LogP contribution in [0.3, 0.4) is 0 Å². The van der Waals surface area contributed by atoms with Crippen molar-refractivity contribution in [2.75, 3.05) is 0 Å². The maximum Gasteiger partial charge on any atom is 0.305 e. The van der Waals surface area contributed by atoms with E-state index in [0.717, 1.165) is 0 Å². The van der Waals surface area contributed by atoms with Gasteiger partial charge in [0.2, 0.25) is 0 Å². The zero-order valence-corrected chi connectivity index (χ0v) is 11.1. The molecule has 0 aromatic heterocycles. The molecule has 1 atom stereocenters. The Bertz CT molecular complexity index is 404. The Morgan fingerprint density at radius 3 is 1.38 bits per heavy atom. The molecule has 0 saturated heterocycles. The molecule has 120 valence electrons. The minimum atomic E-state index is -1.95. The minimum absolute atomic E-state index is 0.661. The maximum absolute atomic E-state index is 10.8. The Morgan fingerprint density at radius 1 is 0.810 bits per heavy atom. The van der Waals surface area contributed by atoms with E-state index in [2.05, 4.69) is 0 Å². The molecule has 0 spiro atoms. The molecule has 0 aromatic rings. The summed E-state index contributed by atoms with van der Waals surface area (Å²) < 4.78 is 0. The molecule has 0 rings (SSSR count). The Morgan fingerprint density at radius 2 is 1.14 bits per heavy atom. The van der Waals surface area contributed by atoms with E-state index in [1.807, 2.05) is 0 Å². The summed E-state index contributed by atoms with van der Waals surface area (Å²) in [7, 11) is 0. The molecule has 0 aliphatic carbocycles. The summed E-state index contributed by atoms with van der Waals surface area (Å²) in [6.07, 6.45) is -2.97. The van der Waals surface area contributed by atoms with Crippen molar-refractivity contribution in [1.29, 1.82) is 0 Å². The van der Waals surface area contributed by atoms with Crippen LogP contribution < -0.4 is 11.5 Å². The normalized spacial score (nSPS) is 12.9. The molecule has 1 unspecified atom stereocenters. The first-order chi connectivity index (χ1) is 9.47. The van der Waals surface area contributed by atoms with Gasteiger partial charge < -0.3 is 31.9 Å². The Kier molecular flexibility index (Phi) is 6.76. The third-order valence-electron chi connectivity index (χ3n) is 3.01. The zero-order chi connectivity index (χ0) is 16.8. The molecule has 8 N–H and O–H groups in total. The van der Waals surface area contributed by atoms with Crippen LogP contribution in [0, 0.1) is 5.92 Å². The van der Waals surface area contributed by atoms with Gasteiger partial charge in [-0.15, -0.1) is 0 Å². The van der Waals surface area contributed by atoms with E-state index < -0.39 is 67.1 Å². The fourth-order valence-corrected chi connectivity index (χ4v) is 2.11. The van der Waals surface area contributed by atoms with Crippen molar-refractivity contribution in [3.63, 3.8) is 0 Å². The van der Waals surface area contributed by atoms with Crippen LogP contribution in [-0.2, 0) is 19.2 Å². The second-order valence-electron chi connectivity index (χ2n) is 4.86. The molecule has 10 heteroatoms. The number of hydrogen-bond donors (Lipinski definition) is 6. The summed E-state index contributed by atoms with van der Waals surface area (Å²) >= 11 is 0. The molecule has 0 aliphatic rings. The fraction of sp³-hybridized carbons (Fsp3) is 0.636. The first kappa shape index (κ1) is 18.8. The number of carbonyl (C=O) groups is 4. The molecular formula is C11H18N2O8. The van der Waals surface area contributed by atoms with Crippen LogP contribution in [0.25, 0.3) is 0 Å². The van der Waals surface area contributed by atoms with Crippen molar-refractivity contribution < 1.29 is 39.6 Å². The van der Waals surface area contributed by atoms with Crippen LogP contribution in [0.15, 0.2) is 0 Å². The second kappa shape index (κ2) is 7.55. The molecule has 0 bridgehead atoms. The van der Waals surface area contributed by atoms with Gasteiger partial charge in [0.05, 0.1) is 31.2 Å².